The number of hydrogen-bond donors (Lipinski definition) is 1. The van der Waals surface area contributed by atoms with E-state index < -0.39 is 5.91 Å². The molecule has 1 amide bonds. The van der Waals surface area contributed by atoms with Crippen molar-refractivity contribution in [3.05, 3.63) is 94.6 Å². The first-order chi connectivity index (χ1) is 17.0. The van der Waals surface area contributed by atoms with Crippen molar-refractivity contribution in [2.24, 2.45) is 0 Å². The van der Waals surface area contributed by atoms with Crippen molar-refractivity contribution < 1.29 is 19.0 Å². The van der Waals surface area contributed by atoms with E-state index in [4.69, 9.17) is 14.2 Å². The van der Waals surface area contributed by atoms with Crippen molar-refractivity contribution in [1.29, 1.82) is 5.26 Å². The molecule has 0 unspecified atom stereocenters. The first kappa shape index (κ1) is 25.4. The maximum absolute atomic E-state index is 12.5. The number of nitriles is 1. The van der Waals surface area contributed by atoms with Gasteiger partial charge in [-0.15, -0.1) is 0 Å². The second-order valence-electron chi connectivity index (χ2n) is 7.92. The van der Waals surface area contributed by atoms with Gasteiger partial charge in [0.15, 0.2) is 11.5 Å². The van der Waals surface area contributed by atoms with Gasteiger partial charge in [-0.1, -0.05) is 42.5 Å². The van der Waals surface area contributed by atoms with Crippen LogP contribution in [-0.2, 0) is 11.3 Å². The average molecular weight is 471 g/mol. The average Bonchev–Trinajstić information content (AvgIpc) is 2.87. The van der Waals surface area contributed by atoms with E-state index in [0.29, 0.717) is 43.4 Å². The van der Waals surface area contributed by atoms with Gasteiger partial charge < -0.3 is 19.5 Å². The normalized spacial score (nSPS) is 10.9. The molecule has 0 fully saturated rings. The summed E-state index contributed by atoms with van der Waals surface area (Å²) in [5.41, 5.74) is 4.03. The van der Waals surface area contributed by atoms with E-state index in [-0.39, 0.29) is 5.57 Å². The Morgan fingerprint density at radius 3 is 2.40 bits per heavy atom. The number of hydrogen-bond acceptors (Lipinski definition) is 5. The molecular weight excluding hydrogens is 440 g/mol. The summed E-state index contributed by atoms with van der Waals surface area (Å²) in [5, 5.41) is 12.3. The van der Waals surface area contributed by atoms with Crippen LogP contribution in [0.25, 0.3) is 6.08 Å². The zero-order valence-corrected chi connectivity index (χ0v) is 20.3. The summed E-state index contributed by atoms with van der Waals surface area (Å²) in [5.74, 6) is 1.48. The molecule has 0 saturated carbocycles. The van der Waals surface area contributed by atoms with Crippen LogP contribution in [0.15, 0.2) is 72.3 Å². The SMILES string of the molecule is CCOc1cc(/C=C(\C#N)C(=O)NCc2ccccc2)ccc1OCCOc1ccc(C)c(C)c1. The molecule has 0 atom stereocenters. The van der Waals surface area contributed by atoms with E-state index >= 15 is 0 Å². The topological polar surface area (TPSA) is 80.6 Å². The molecule has 6 nitrogen and oxygen atoms in total. The Hall–Kier alpha value is -4.24. The summed E-state index contributed by atoms with van der Waals surface area (Å²) >= 11 is 0. The summed E-state index contributed by atoms with van der Waals surface area (Å²) in [6.45, 7) is 7.52. The second kappa shape index (κ2) is 12.9. The lowest BCUT2D eigenvalue weighted by molar-refractivity contribution is -0.117. The summed E-state index contributed by atoms with van der Waals surface area (Å²) in [7, 11) is 0. The third-order valence-electron chi connectivity index (χ3n) is 5.33. The third kappa shape index (κ3) is 7.65. The number of ether oxygens (including phenoxy) is 3. The van der Waals surface area contributed by atoms with Gasteiger partial charge in [-0.25, -0.2) is 0 Å². The van der Waals surface area contributed by atoms with Crippen LogP contribution in [0, 0.1) is 25.2 Å². The minimum Gasteiger partial charge on any atom is -0.490 e. The monoisotopic (exact) mass is 470 g/mol. The standard InChI is InChI=1S/C29H30N2O4/c1-4-33-28-18-24(17-25(19-30)29(32)31-20-23-8-6-5-7-9-23)11-13-27(28)35-15-14-34-26-12-10-21(2)22(3)16-26/h5-13,16-18H,4,14-15,20H2,1-3H3,(H,31,32)/b25-17+. The Kier molecular flexibility index (Phi) is 9.32. The van der Waals surface area contributed by atoms with Crippen LogP contribution in [0.2, 0.25) is 0 Å². The number of rotatable bonds is 11. The minimum absolute atomic E-state index is 0.0128. The fourth-order valence-corrected chi connectivity index (χ4v) is 3.31. The predicted molar refractivity (Wildman–Crippen MR) is 136 cm³/mol. The van der Waals surface area contributed by atoms with E-state index in [9.17, 15) is 10.1 Å². The first-order valence-corrected chi connectivity index (χ1v) is 11.5. The van der Waals surface area contributed by atoms with Gasteiger partial charge in [0.2, 0.25) is 0 Å². The van der Waals surface area contributed by atoms with E-state index in [1.807, 2.05) is 68.4 Å². The highest BCUT2D eigenvalue weighted by Crippen LogP contribution is 2.29. The molecular formula is C29H30N2O4. The lowest BCUT2D eigenvalue weighted by atomic mass is 10.1. The molecule has 0 bridgehead atoms. The van der Waals surface area contributed by atoms with Crippen molar-refractivity contribution >= 4 is 12.0 Å². The maximum Gasteiger partial charge on any atom is 0.262 e. The van der Waals surface area contributed by atoms with Crippen molar-refractivity contribution in [2.75, 3.05) is 19.8 Å². The van der Waals surface area contributed by atoms with Gasteiger partial charge in [0.05, 0.1) is 6.61 Å². The van der Waals surface area contributed by atoms with E-state index in [1.165, 1.54) is 17.2 Å². The molecule has 0 aliphatic rings. The second-order valence-corrected chi connectivity index (χ2v) is 7.92. The number of carbonyl (C=O) groups excluding carboxylic acids is 1. The predicted octanol–water partition coefficient (Wildman–Crippen LogP) is 5.38. The van der Waals surface area contributed by atoms with Crippen molar-refractivity contribution in [1.82, 2.24) is 5.32 Å². The lowest BCUT2D eigenvalue weighted by Gasteiger charge is -2.14. The van der Waals surface area contributed by atoms with Gasteiger partial charge in [-0.3, -0.25) is 4.79 Å². The molecule has 0 radical (unpaired) electrons. The van der Waals surface area contributed by atoms with Gasteiger partial charge >= 0.3 is 0 Å². The molecule has 0 aliphatic carbocycles. The number of aryl methyl sites for hydroxylation is 2. The fraction of sp³-hybridized carbons (Fsp3) is 0.241. The van der Waals surface area contributed by atoms with Gasteiger partial charge in [-0.2, -0.15) is 5.26 Å². The maximum atomic E-state index is 12.5. The first-order valence-electron chi connectivity index (χ1n) is 11.5. The van der Waals surface area contributed by atoms with E-state index in [0.717, 1.165) is 11.3 Å². The summed E-state index contributed by atoms with van der Waals surface area (Å²) in [6.07, 6.45) is 1.54. The molecule has 6 heteroatoms. The Bertz CT molecular complexity index is 1210. The van der Waals surface area contributed by atoms with Crippen LogP contribution in [0.5, 0.6) is 17.2 Å². The Labute approximate surface area is 206 Å². The van der Waals surface area contributed by atoms with Crippen LogP contribution in [0.1, 0.15) is 29.2 Å². The van der Waals surface area contributed by atoms with Gasteiger partial charge in [0, 0.05) is 6.54 Å². The molecule has 0 aliphatic heterocycles. The molecule has 3 aromatic rings. The van der Waals surface area contributed by atoms with Crippen LogP contribution in [-0.4, -0.2) is 25.7 Å². The van der Waals surface area contributed by atoms with Gasteiger partial charge in [0.25, 0.3) is 5.91 Å². The molecule has 0 aromatic heterocycles. The highest BCUT2D eigenvalue weighted by Gasteiger charge is 2.11. The minimum atomic E-state index is -0.432. The molecule has 3 rings (SSSR count). The number of carbonyl (C=O) groups is 1. The van der Waals surface area contributed by atoms with Crippen molar-refractivity contribution in [2.45, 2.75) is 27.3 Å². The van der Waals surface area contributed by atoms with Crippen molar-refractivity contribution in [3.63, 3.8) is 0 Å². The van der Waals surface area contributed by atoms with Crippen LogP contribution in [0.3, 0.4) is 0 Å². The number of nitrogens with zero attached hydrogens (tertiary/aromatic N) is 1. The third-order valence-corrected chi connectivity index (χ3v) is 5.33. The summed E-state index contributed by atoms with van der Waals surface area (Å²) in [4.78, 5) is 12.5. The van der Waals surface area contributed by atoms with E-state index in [1.54, 1.807) is 18.2 Å². The smallest absolute Gasteiger partial charge is 0.262 e. The van der Waals surface area contributed by atoms with Gasteiger partial charge in [-0.05, 0) is 73.4 Å². The highest BCUT2D eigenvalue weighted by atomic mass is 16.5. The number of nitrogens with one attached hydrogen (secondary N) is 1. The molecule has 1 N–H and O–H groups in total. The fourth-order valence-electron chi connectivity index (χ4n) is 3.31. The molecule has 0 spiro atoms. The summed E-state index contributed by atoms with van der Waals surface area (Å²) in [6, 6.07) is 22.8. The zero-order valence-electron chi connectivity index (χ0n) is 20.3. The van der Waals surface area contributed by atoms with Crippen LogP contribution >= 0.6 is 0 Å². The number of benzene rings is 3. The molecule has 180 valence electrons. The molecule has 0 heterocycles. The number of amides is 1. The Morgan fingerprint density at radius 2 is 1.69 bits per heavy atom. The largest absolute Gasteiger partial charge is 0.490 e. The summed E-state index contributed by atoms with van der Waals surface area (Å²) < 4.78 is 17.4. The molecule has 3 aromatic carbocycles. The van der Waals surface area contributed by atoms with Crippen molar-refractivity contribution in [3.8, 4) is 23.3 Å². The van der Waals surface area contributed by atoms with Crippen LogP contribution in [0.4, 0.5) is 0 Å². The zero-order chi connectivity index (χ0) is 25.0. The van der Waals surface area contributed by atoms with Gasteiger partial charge in [0.1, 0.15) is 30.6 Å². The lowest BCUT2D eigenvalue weighted by Crippen LogP contribution is -2.23. The van der Waals surface area contributed by atoms with E-state index in [2.05, 4.69) is 12.2 Å². The highest BCUT2D eigenvalue weighted by molar-refractivity contribution is 6.01. The Morgan fingerprint density at radius 1 is 0.914 bits per heavy atom. The Balaban J connectivity index is 1.62. The molecule has 35 heavy (non-hydrogen) atoms. The molecule has 0 saturated heterocycles. The quantitative estimate of drug-likeness (QED) is 0.231. The van der Waals surface area contributed by atoms with Crippen LogP contribution < -0.4 is 19.5 Å².